The molecule has 2 rings (SSSR count). The highest BCUT2D eigenvalue weighted by Gasteiger charge is 2.16. The molecule has 0 spiro atoms. The smallest absolute Gasteiger partial charge is 0.354 e. The van der Waals surface area contributed by atoms with Crippen molar-refractivity contribution >= 4 is 11.7 Å². The van der Waals surface area contributed by atoms with E-state index in [0.29, 0.717) is 5.78 Å². The van der Waals surface area contributed by atoms with Gasteiger partial charge in [-0.25, -0.2) is 9.78 Å². The van der Waals surface area contributed by atoms with Gasteiger partial charge in [-0.1, -0.05) is 0 Å². The molecule has 1 N–H and O–H groups in total. The molecular weight excluding hydrogens is 182 g/mol. The van der Waals surface area contributed by atoms with Crippen molar-refractivity contribution in [1.29, 1.82) is 0 Å². The average molecular weight is 193 g/mol. The first-order valence-corrected chi connectivity index (χ1v) is 4.26. The van der Waals surface area contributed by atoms with Gasteiger partial charge in [-0.3, -0.25) is 4.40 Å². The van der Waals surface area contributed by atoms with Crippen LogP contribution in [0.15, 0.2) is 6.20 Å². The van der Waals surface area contributed by atoms with Crippen molar-refractivity contribution in [3.8, 4) is 0 Å². The fourth-order valence-corrected chi connectivity index (χ4v) is 1.61. The number of hydrogen-bond donors (Lipinski definition) is 1. The van der Waals surface area contributed by atoms with E-state index in [1.807, 2.05) is 25.5 Å². The Morgan fingerprint density at radius 2 is 2.07 bits per heavy atom. The Labute approximate surface area is 80.6 Å². The summed E-state index contributed by atoms with van der Waals surface area (Å²) in [4.78, 5) is 14.9. The molecule has 0 aliphatic rings. The Bertz CT molecular complexity index is 522. The summed E-state index contributed by atoms with van der Waals surface area (Å²) >= 11 is 0. The first kappa shape index (κ1) is 8.80. The lowest BCUT2D eigenvalue weighted by Crippen LogP contribution is -2.01. The standard InChI is InChI=1S/C9H11N3O2/c1-5-6(2)12-7(8(13)14)4-10-9(12)11(5)3/h4H,1-3H3,(H,13,14). The summed E-state index contributed by atoms with van der Waals surface area (Å²) in [5.41, 5.74) is 2.15. The van der Waals surface area contributed by atoms with Gasteiger partial charge < -0.3 is 9.67 Å². The first-order valence-electron chi connectivity index (χ1n) is 4.26. The number of hydrogen-bond acceptors (Lipinski definition) is 2. The highest BCUT2D eigenvalue weighted by molar-refractivity contribution is 5.86. The Kier molecular flexibility index (Phi) is 1.64. The van der Waals surface area contributed by atoms with E-state index in [-0.39, 0.29) is 5.69 Å². The molecule has 0 radical (unpaired) electrons. The third-order valence-electron chi connectivity index (χ3n) is 2.62. The van der Waals surface area contributed by atoms with Crippen molar-refractivity contribution in [3.63, 3.8) is 0 Å². The number of carboxylic acid groups (broad SMARTS) is 1. The number of carbonyl (C=O) groups is 1. The van der Waals surface area contributed by atoms with Gasteiger partial charge in [0.05, 0.1) is 6.20 Å². The van der Waals surface area contributed by atoms with Gasteiger partial charge in [0, 0.05) is 18.4 Å². The average Bonchev–Trinajstić information content (AvgIpc) is 2.64. The summed E-state index contributed by atoms with van der Waals surface area (Å²) in [6.45, 7) is 3.83. The molecule has 5 nitrogen and oxygen atoms in total. The topological polar surface area (TPSA) is 59.5 Å². The lowest BCUT2D eigenvalue weighted by Gasteiger charge is -1.94. The minimum Gasteiger partial charge on any atom is -0.477 e. The van der Waals surface area contributed by atoms with E-state index in [0.717, 1.165) is 11.4 Å². The predicted molar refractivity (Wildman–Crippen MR) is 50.6 cm³/mol. The van der Waals surface area contributed by atoms with E-state index in [1.165, 1.54) is 6.20 Å². The number of aromatic nitrogens is 3. The van der Waals surface area contributed by atoms with Crippen molar-refractivity contribution in [1.82, 2.24) is 14.0 Å². The SMILES string of the molecule is Cc1c(C)n2c(C(=O)O)cnc2n1C. The molecule has 0 amide bonds. The number of fused-ring (bicyclic) bond motifs is 1. The largest absolute Gasteiger partial charge is 0.477 e. The van der Waals surface area contributed by atoms with Crippen molar-refractivity contribution < 1.29 is 9.90 Å². The molecule has 0 unspecified atom stereocenters. The molecule has 2 aromatic rings. The second-order valence-electron chi connectivity index (χ2n) is 3.31. The zero-order valence-electron chi connectivity index (χ0n) is 8.27. The number of nitrogens with zero attached hydrogens (tertiary/aromatic N) is 3. The second kappa shape index (κ2) is 2.60. The summed E-state index contributed by atoms with van der Waals surface area (Å²) in [5.74, 6) is -0.288. The molecule has 2 aromatic heterocycles. The molecule has 0 saturated heterocycles. The van der Waals surface area contributed by atoms with Gasteiger partial charge in [0.25, 0.3) is 0 Å². The lowest BCUT2D eigenvalue weighted by molar-refractivity contribution is 0.0689. The monoisotopic (exact) mass is 193 g/mol. The molecule has 0 fully saturated rings. The molecule has 0 aromatic carbocycles. The van der Waals surface area contributed by atoms with Crippen LogP contribution in [0.25, 0.3) is 5.78 Å². The van der Waals surface area contributed by atoms with Crippen LogP contribution in [0.1, 0.15) is 21.9 Å². The molecule has 0 atom stereocenters. The van der Waals surface area contributed by atoms with Crippen LogP contribution < -0.4 is 0 Å². The van der Waals surface area contributed by atoms with Crippen molar-refractivity contribution in [2.75, 3.05) is 0 Å². The van der Waals surface area contributed by atoms with Crippen LogP contribution in [-0.2, 0) is 7.05 Å². The Hall–Kier alpha value is -1.78. The zero-order chi connectivity index (χ0) is 10.5. The fourth-order valence-electron chi connectivity index (χ4n) is 1.61. The van der Waals surface area contributed by atoms with E-state index in [2.05, 4.69) is 4.98 Å². The maximum absolute atomic E-state index is 10.9. The molecule has 0 aliphatic carbocycles. The van der Waals surface area contributed by atoms with Crippen molar-refractivity contribution in [2.24, 2.45) is 7.05 Å². The molecule has 0 bridgehead atoms. The van der Waals surface area contributed by atoms with Crippen LogP contribution in [0, 0.1) is 13.8 Å². The van der Waals surface area contributed by atoms with Crippen LogP contribution in [0.3, 0.4) is 0 Å². The van der Waals surface area contributed by atoms with Crippen LogP contribution in [0.5, 0.6) is 0 Å². The first-order chi connectivity index (χ1) is 6.54. The predicted octanol–water partition coefficient (Wildman–Crippen LogP) is 0.988. The Morgan fingerprint density at radius 3 is 2.64 bits per heavy atom. The van der Waals surface area contributed by atoms with Gasteiger partial charge in [0.2, 0.25) is 5.78 Å². The molecule has 0 saturated carbocycles. The minimum atomic E-state index is -0.953. The highest BCUT2D eigenvalue weighted by atomic mass is 16.4. The van der Waals surface area contributed by atoms with Crippen LogP contribution >= 0.6 is 0 Å². The summed E-state index contributed by atoms with van der Waals surface area (Å²) in [7, 11) is 1.87. The van der Waals surface area contributed by atoms with E-state index < -0.39 is 5.97 Å². The summed E-state index contributed by atoms with van der Waals surface area (Å²) in [5, 5.41) is 8.93. The minimum absolute atomic E-state index is 0.209. The van der Waals surface area contributed by atoms with Gasteiger partial charge in [-0.15, -0.1) is 0 Å². The van der Waals surface area contributed by atoms with E-state index >= 15 is 0 Å². The quantitative estimate of drug-likeness (QED) is 0.734. The lowest BCUT2D eigenvalue weighted by atomic mass is 10.3. The second-order valence-corrected chi connectivity index (χ2v) is 3.31. The molecule has 2 heterocycles. The van der Waals surface area contributed by atoms with Gasteiger partial charge in [-0.2, -0.15) is 0 Å². The van der Waals surface area contributed by atoms with E-state index in [9.17, 15) is 4.79 Å². The Morgan fingerprint density at radius 1 is 1.43 bits per heavy atom. The van der Waals surface area contributed by atoms with Crippen LogP contribution in [0.2, 0.25) is 0 Å². The molecule has 0 aliphatic heterocycles. The van der Waals surface area contributed by atoms with Crippen LogP contribution in [-0.4, -0.2) is 25.0 Å². The molecule has 74 valence electrons. The third-order valence-corrected chi connectivity index (χ3v) is 2.62. The third kappa shape index (κ3) is 0.891. The van der Waals surface area contributed by atoms with Gasteiger partial charge in [0.1, 0.15) is 0 Å². The van der Waals surface area contributed by atoms with Crippen molar-refractivity contribution in [2.45, 2.75) is 13.8 Å². The Balaban J connectivity index is 2.92. The number of imidazole rings is 2. The van der Waals surface area contributed by atoms with E-state index in [4.69, 9.17) is 5.11 Å². The fraction of sp³-hybridized carbons (Fsp3) is 0.333. The van der Waals surface area contributed by atoms with E-state index in [1.54, 1.807) is 4.40 Å². The number of rotatable bonds is 1. The number of aryl methyl sites for hydroxylation is 2. The van der Waals surface area contributed by atoms with Gasteiger partial charge >= 0.3 is 5.97 Å². The van der Waals surface area contributed by atoms with Crippen molar-refractivity contribution in [3.05, 3.63) is 23.3 Å². The highest BCUT2D eigenvalue weighted by Crippen LogP contribution is 2.16. The van der Waals surface area contributed by atoms with Gasteiger partial charge in [-0.05, 0) is 13.8 Å². The zero-order valence-corrected chi connectivity index (χ0v) is 8.27. The number of aromatic carboxylic acids is 1. The van der Waals surface area contributed by atoms with Crippen LogP contribution in [0.4, 0.5) is 0 Å². The molecule has 14 heavy (non-hydrogen) atoms. The molecular formula is C9H11N3O2. The molecule has 5 heteroatoms. The van der Waals surface area contributed by atoms with Gasteiger partial charge in [0.15, 0.2) is 5.69 Å². The maximum Gasteiger partial charge on any atom is 0.354 e. The summed E-state index contributed by atoms with van der Waals surface area (Å²) in [6, 6.07) is 0. The maximum atomic E-state index is 10.9. The summed E-state index contributed by atoms with van der Waals surface area (Å²) < 4.78 is 3.53. The summed E-state index contributed by atoms with van der Waals surface area (Å²) in [6.07, 6.45) is 1.38. The number of carboxylic acids is 1. The normalized spacial score (nSPS) is 11.1.